The van der Waals surface area contributed by atoms with Crippen LogP contribution in [0.15, 0.2) is 30.3 Å². The van der Waals surface area contributed by atoms with Crippen molar-refractivity contribution in [1.29, 1.82) is 0 Å². The Bertz CT molecular complexity index is 525. The van der Waals surface area contributed by atoms with E-state index >= 15 is 0 Å². The zero-order valence-corrected chi connectivity index (χ0v) is 14.4. The van der Waals surface area contributed by atoms with Crippen molar-refractivity contribution in [3.63, 3.8) is 0 Å². The molecule has 0 bridgehead atoms. The van der Waals surface area contributed by atoms with Crippen molar-refractivity contribution < 1.29 is 9.53 Å². The van der Waals surface area contributed by atoms with Crippen molar-refractivity contribution >= 4 is 5.91 Å². The number of carbonyl (C=O) groups excluding carboxylic acids is 1. The van der Waals surface area contributed by atoms with Crippen LogP contribution in [-0.4, -0.2) is 68.2 Å². The first-order valence-electron chi connectivity index (χ1n) is 8.84. The second-order valence-electron chi connectivity index (χ2n) is 6.55. The molecule has 6 nitrogen and oxygen atoms in total. The molecular formula is C18H28N4O2. The van der Waals surface area contributed by atoms with Gasteiger partial charge in [-0.05, 0) is 24.9 Å². The van der Waals surface area contributed by atoms with Gasteiger partial charge in [-0.25, -0.2) is 10.9 Å². The number of amides is 1. The summed E-state index contributed by atoms with van der Waals surface area (Å²) in [7, 11) is 1.73. The predicted octanol–water partition coefficient (Wildman–Crippen LogP) is 0.775. The molecule has 0 spiro atoms. The molecule has 24 heavy (non-hydrogen) atoms. The topological polar surface area (TPSA) is 56.8 Å². The normalized spacial score (nSPS) is 25.6. The van der Waals surface area contributed by atoms with Gasteiger partial charge in [0, 0.05) is 39.3 Å². The van der Waals surface area contributed by atoms with Crippen LogP contribution in [0.5, 0.6) is 0 Å². The molecule has 0 aromatic heterocycles. The van der Waals surface area contributed by atoms with E-state index < -0.39 is 0 Å². The number of hydrazine groups is 1. The third-order valence-corrected chi connectivity index (χ3v) is 4.92. The van der Waals surface area contributed by atoms with Crippen molar-refractivity contribution in [1.82, 2.24) is 20.7 Å². The second-order valence-corrected chi connectivity index (χ2v) is 6.55. The molecule has 0 aliphatic carbocycles. The van der Waals surface area contributed by atoms with Gasteiger partial charge in [-0.3, -0.25) is 9.69 Å². The molecule has 2 saturated heterocycles. The van der Waals surface area contributed by atoms with E-state index in [1.54, 1.807) is 7.11 Å². The van der Waals surface area contributed by atoms with Crippen LogP contribution in [0.2, 0.25) is 0 Å². The first kappa shape index (κ1) is 17.4. The van der Waals surface area contributed by atoms with Gasteiger partial charge in [-0.2, -0.15) is 0 Å². The fraction of sp³-hybridized carbons (Fsp3) is 0.611. The maximum atomic E-state index is 12.8. The highest BCUT2D eigenvalue weighted by Gasteiger charge is 2.33. The van der Waals surface area contributed by atoms with Crippen LogP contribution in [-0.2, 0) is 9.53 Å². The Morgan fingerprint density at radius 1 is 1.17 bits per heavy atom. The summed E-state index contributed by atoms with van der Waals surface area (Å²) in [5, 5.41) is 0. The number of hydrogen-bond donors (Lipinski definition) is 2. The zero-order valence-electron chi connectivity index (χ0n) is 14.4. The van der Waals surface area contributed by atoms with E-state index in [1.807, 2.05) is 23.1 Å². The van der Waals surface area contributed by atoms with E-state index in [9.17, 15) is 4.79 Å². The van der Waals surface area contributed by atoms with Crippen LogP contribution in [0.3, 0.4) is 0 Å². The second kappa shape index (κ2) is 8.58. The van der Waals surface area contributed by atoms with E-state index in [-0.39, 0.29) is 18.0 Å². The molecule has 2 aliphatic rings. The molecule has 2 unspecified atom stereocenters. The molecule has 3 rings (SSSR count). The largest absolute Gasteiger partial charge is 0.383 e. The Morgan fingerprint density at radius 3 is 2.79 bits per heavy atom. The molecule has 2 atom stereocenters. The van der Waals surface area contributed by atoms with Crippen molar-refractivity contribution in [2.75, 3.05) is 46.4 Å². The molecule has 2 N–H and O–H groups in total. The number of nitrogens with one attached hydrogen (secondary N) is 2. The fourth-order valence-corrected chi connectivity index (χ4v) is 3.48. The van der Waals surface area contributed by atoms with Gasteiger partial charge in [0.2, 0.25) is 5.91 Å². The zero-order chi connectivity index (χ0) is 16.8. The molecular weight excluding hydrogens is 304 g/mol. The molecule has 6 heteroatoms. The van der Waals surface area contributed by atoms with Gasteiger partial charge >= 0.3 is 0 Å². The third-order valence-electron chi connectivity index (χ3n) is 4.92. The summed E-state index contributed by atoms with van der Waals surface area (Å²) in [5.41, 5.74) is 7.69. The Labute approximate surface area is 144 Å². The minimum atomic E-state index is -0.138. The average Bonchev–Trinajstić information content (AvgIpc) is 3.00. The van der Waals surface area contributed by atoms with E-state index in [2.05, 4.69) is 27.9 Å². The molecule has 2 aliphatic heterocycles. The van der Waals surface area contributed by atoms with E-state index in [0.29, 0.717) is 0 Å². The summed E-state index contributed by atoms with van der Waals surface area (Å²) in [4.78, 5) is 17.2. The number of nitrogens with zero attached hydrogens (tertiary/aromatic N) is 2. The van der Waals surface area contributed by atoms with Gasteiger partial charge in [0.05, 0.1) is 6.61 Å². The molecule has 1 aromatic rings. The number of benzene rings is 1. The summed E-state index contributed by atoms with van der Waals surface area (Å²) in [6.45, 7) is 5.30. The lowest BCUT2D eigenvalue weighted by Gasteiger charge is -2.24. The van der Waals surface area contributed by atoms with E-state index in [0.717, 1.165) is 52.2 Å². The summed E-state index contributed by atoms with van der Waals surface area (Å²) >= 11 is 0. The average molecular weight is 332 g/mol. The highest BCUT2D eigenvalue weighted by Crippen LogP contribution is 2.23. The minimum Gasteiger partial charge on any atom is -0.383 e. The monoisotopic (exact) mass is 332 g/mol. The minimum absolute atomic E-state index is 0.138. The lowest BCUT2D eigenvalue weighted by Crippen LogP contribution is -2.46. The Balaban J connectivity index is 1.51. The highest BCUT2D eigenvalue weighted by atomic mass is 16.5. The number of rotatable bonds is 5. The molecule has 2 fully saturated rings. The standard InChI is InChI=1S/C18H28N4O2/c1-24-13-12-21-8-5-9-22(11-10-21)18(23)17-14-16(19-20-17)15-6-3-2-4-7-15/h2-4,6-7,16-17,19-20H,5,8-14H2,1H3. The Kier molecular flexibility index (Phi) is 6.20. The molecule has 132 valence electrons. The van der Waals surface area contributed by atoms with E-state index in [4.69, 9.17) is 4.74 Å². The summed E-state index contributed by atoms with van der Waals surface area (Å²) < 4.78 is 5.15. The number of methoxy groups -OCH3 is 1. The molecule has 1 amide bonds. The highest BCUT2D eigenvalue weighted by molar-refractivity contribution is 5.82. The Morgan fingerprint density at radius 2 is 2.00 bits per heavy atom. The fourth-order valence-electron chi connectivity index (χ4n) is 3.48. The lowest BCUT2D eigenvalue weighted by molar-refractivity contribution is -0.133. The maximum absolute atomic E-state index is 12.8. The van der Waals surface area contributed by atoms with Gasteiger partial charge in [0.1, 0.15) is 6.04 Å². The number of carbonyl (C=O) groups is 1. The first-order chi connectivity index (χ1) is 11.8. The van der Waals surface area contributed by atoms with Gasteiger partial charge in [0.15, 0.2) is 0 Å². The van der Waals surface area contributed by atoms with E-state index in [1.165, 1.54) is 5.56 Å². The summed E-state index contributed by atoms with van der Waals surface area (Å²) in [6.07, 6.45) is 1.82. The molecule has 2 heterocycles. The van der Waals surface area contributed by atoms with Crippen LogP contribution in [0.1, 0.15) is 24.4 Å². The molecule has 0 radical (unpaired) electrons. The summed E-state index contributed by atoms with van der Waals surface area (Å²) in [6, 6.07) is 10.4. The van der Waals surface area contributed by atoms with Gasteiger partial charge < -0.3 is 9.64 Å². The lowest BCUT2D eigenvalue weighted by atomic mass is 10.0. The molecule has 1 aromatic carbocycles. The van der Waals surface area contributed by atoms with Crippen LogP contribution >= 0.6 is 0 Å². The van der Waals surface area contributed by atoms with Crippen LogP contribution < -0.4 is 10.9 Å². The van der Waals surface area contributed by atoms with Gasteiger partial charge in [-0.15, -0.1) is 0 Å². The van der Waals surface area contributed by atoms with Crippen molar-refractivity contribution in [3.8, 4) is 0 Å². The maximum Gasteiger partial charge on any atom is 0.241 e. The smallest absolute Gasteiger partial charge is 0.241 e. The number of hydrogen-bond acceptors (Lipinski definition) is 5. The number of ether oxygens (including phenoxy) is 1. The summed E-state index contributed by atoms with van der Waals surface area (Å²) in [5.74, 6) is 0.217. The first-order valence-corrected chi connectivity index (χ1v) is 8.84. The third kappa shape index (κ3) is 4.33. The molecule has 0 saturated carbocycles. The van der Waals surface area contributed by atoms with Gasteiger partial charge in [-0.1, -0.05) is 30.3 Å². The predicted molar refractivity (Wildman–Crippen MR) is 93.4 cm³/mol. The van der Waals surface area contributed by atoms with Crippen molar-refractivity contribution in [2.24, 2.45) is 0 Å². The van der Waals surface area contributed by atoms with Gasteiger partial charge in [0.25, 0.3) is 0 Å². The van der Waals surface area contributed by atoms with Crippen LogP contribution in [0.25, 0.3) is 0 Å². The van der Waals surface area contributed by atoms with Crippen molar-refractivity contribution in [3.05, 3.63) is 35.9 Å². The quantitative estimate of drug-likeness (QED) is 0.834. The van der Waals surface area contributed by atoms with Crippen LogP contribution in [0, 0.1) is 0 Å². The Hall–Kier alpha value is -1.47. The van der Waals surface area contributed by atoms with Crippen LogP contribution in [0.4, 0.5) is 0 Å². The van der Waals surface area contributed by atoms with Crippen molar-refractivity contribution in [2.45, 2.75) is 24.9 Å². The SMILES string of the molecule is COCCN1CCCN(C(=O)C2CC(c3ccccc3)NN2)CC1.